The van der Waals surface area contributed by atoms with Gasteiger partial charge in [0.1, 0.15) is 0 Å². The van der Waals surface area contributed by atoms with E-state index in [9.17, 15) is 0 Å². The van der Waals surface area contributed by atoms with E-state index in [-0.39, 0.29) is 0 Å². The maximum absolute atomic E-state index is 6.08. The lowest BCUT2D eigenvalue weighted by Crippen LogP contribution is -2.45. The van der Waals surface area contributed by atoms with Crippen molar-refractivity contribution in [2.45, 2.75) is 50.4 Å². The highest BCUT2D eigenvalue weighted by atomic mass is 28.4. The van der Waals surface area contributed by atoms with Crippen LogP contribution in [-0.2, 0) is 18.0 Å². The third-order valence-electron chi connectivity index (χ3n) is 4.21. The SMILES string of the molecule is CO[Si](CCCCN)(OC)OCC1CCC2OC2C1. The van der Waals surface area contributed by atoms with E-state index < -0.39 is 8.80 Å². The molecule has 1 aliphatic carbocycles. The van der Waals surface area contributed by atoms with Crippen LogP contribution in [0.5, 0.6) is 0 Å². The zero-order valence-corrected chi connectivity index (χ0v) is 13.1. The van der Waals surface area contributed by atoms with Gasteiger partial charge in [-0.1, -0.05) is 0 Å². The molecule has 0 aromatic carbocycles. The molecule has 6 heteroatoms. The van der Waals surface area contributed by atoms with Crippen LogP contribution in [0, 0.1) is 5.92 Å². The van der Waals surface area contributed by atoms with Crippen molar-refractivity contribution >= 4 is 8.80 Å². The zero-order valence-electron chi connectivity index (χ0n) is 12.1. The minimum atomic E-state index is -2.47. The third-order valence-corrected chi connectivity index (χ3v) is 7.03. The molecule has 1 aliphatic heterocycles. The van der Waals surface area contributed by atoms with Crippen LogP contribution in [0.2, 0.25) is 6.04 Å². The Labute approximate surface area is 117 Å². The molecule has 2 N–H and O–H groups in total. The Balaban J connectivity index is 1.74. The summed E-state index contributed by atoms with van der Waals surface area (Å²) >= 11 is 0. The first kappa shape index (κ1) is 15.4. The number of epoxide rings is 1. The molecule has 2 rings (SSSR count). The van der Waals surface area contributed by atoms with Crippen molar-refractivity contribution in [3.05, 3.63) is 0 Å². The highest BCUT2D eigenvalue weighted by Gasteiger charge is 2.45. The summed E-state index contributed by atoms with van der Waals surface area (Å²) in [6, 6.07) is 0.854. The molecule has 0 spiro atoms. The molecule has 0 aromatic rings. The fraction of sp³-hybridized carbons (Fsp3) is 1.00. The molecule has 0 radical (unpaired) electrons. The van der Waals surface area contributed by atoms with Crippen molar-refractivity contribution < 1.29 is 18.0 Å². The lowest BCUT2D eigenvalue weighted by Gasteiger charge is -2.29. The molecule has 5 nitrogen and oxygen atoms in total. The van der Waals surface area contributed by atoms with Gasteiger partial charge in [0.05, 0.1) is 12.2 Å². The average molecular weight is 289 g/mol. The topological polar surface area (TPSA) is 66.2 Å². The Morgan fingerprint density at radius 3 is 2.58 bits per heavy atom. The van der Waals surface area contributed by atoms with Gasteiger partial charge in [0.15, 0.2) is 0 Å². The van der Waals surface area contributed by atoms with Crippen LogP contribution in [0.1, 0.15) is 32.1 Å². The lowest BCUT2D eigenvalue weighted by atomic mass is 9.90. The Kier molecular flexibility index (Phi) is 5.80. The zero-order chi connectivity index (χ0) is 13.7. The van der Waals surface area contributed by atoms with Crippen molar-refractivity contribution in [3.63, 3.8) is 0 Å². The van der Waals surface area contributed by atoms with Crippen molar-refractivity contribution in [2.24, 2.45) is 11.7 Å². The second kappa shape index (κ2) is 7.15. The molecule has 19 heavy (non-hydrogen) atoms. The van der Waals surface area contributed by atoms with E-state index in [1.807, 2.05) is 0 Å². The Bertz CT molecular complexity index is 275. The van der Waals surface area contributed by atoms with Gasteiger partial charge in [-0.05, 0) is 44.6 Å². The molecule has 0 bridgehead atoms. The normalized spacial score (nSPS) is 30.2. The highest BCUT2D eigenvalue weighted by Crippen LogP contribution is 2.39. The second-order valence-electron chi connectivity index (χ2n) is 5.54. The molecular weight excluding hydrogens is 262 g/mol. The summed E-state index contributed by atoms with van der Waals surface area (Å²) < 4.78 is 22.8. The molecule has 1 saturated heterocycles. The average Bonchev–Trinajstić information content (AvgIpc) is 3.21. The van der Waals surface area contributed by atoms with Gasteiger partial charge in [-0.15, -0.1) is 0 Å². The minimum Gasteiger partial charge on any atom is -0.377 e. The maximum atomic E-state index is 6.08. The van der Waals surface area contributed by atoms with Gasteiger partial charge < -0.3 is 23.7 Å². The maximum Gasteiger partial charge on any atom is 0.500 e. The van der Waals surface area contributed by atoms with E-state index >= 15 is 0 Å². The summed E-state index contributed by atoms with van der Waals surface area (Å²) in [5.41, 5.74) is 5.53. The number of fused-ring (bicyclic) bond motifs is 1. The standard InChI is InChI=1S/C13H27NO4Si/c1-15-19(16-2,8-4-3-7-14)17-10-11-5-6-12-13(9-11)18-12/h11-13H,3-10,14H2,1-2H3. The molecule has 0 aromatic heterocycles. The minimum absolute atomic E-state index is 0.501. The van der Waals surface area contributed by atoms with Crippen LogP contribution in [0.15, 0.2) is 0 Å². The van der Waals surface area contributed by atoms with E-state index in [0.29, 0.717) is 24.7 Å². The first-order valence-corrected chi connectivity index (χ1v) is 9.26. The first-order chi connectivity index (χ1) is 9.23. The van der Waals surface area contributed by atoms with Gasteiger partial charge in [-0.25, -0.2) is 0 Å². The number of unbranched alkanes of at least 4 members (excludes halogenated alkanes) is 1. The predicted molar refractivity (Wildman–Crippen MR) is 74.8 cm³/mol. The number of hydrogen-bond acceptors (Lipinski definition) is 5. The van der Waals surface area contributed by atoms with Crippen LogP contribution in [0.4, 0.5) is 0 Å². The van der Waals surface area contributed by atoms with Crippen molar-refractivity contribution in [3.8, 4) is 0 Å². The Hall–Kier alpha value is 0.0169. The molecule has 0 amide bonds. The summed E-state index contributed by atoms with van der Waals surface area (Å²) in [4.78, 5) is 0. The van der Waals surface area contributed by atoms with E-state index in [1.54, 1.807) is 14.2 Å². The molecule has 1 saturated carbocycles. The van der Waals surface area contributed by atoms with Crippen LogP contribution in [0.3, 0.4) is 0 Å². The molecule has 3 unspecified atom stereocenters. The van der Waals surface area contributed by atoms with Crippen molar-refractivity contribution in [1.82, 2.24) is 0 Å². The van der Waals surface area contributed by atoms with Gasteiger partial charge in [-0.3, -0.25) is 0 Å². The summed E-state index contributed by atoms with van der Waals surface area (Å²) in [5, 5.41) is 0. The molecule has 2 fully saturated rings. The predicted octanol–water partition coefficient (Wildman–Crippen LogP) is 1.54. The number of nitrogens with two attached hydrogens (primary N) is 1. The Morgan fingerprint density at radius 1 is 1.16 bits per heavy atom. The van der Waals surface area contributed by atoms with E-state index in [2.05, 4.69) is 0 Å². The molecular formula is C13H27NO4Si. The van der Waals surface area contributed by atoms with Crippen molar-refractivity contribution in [1.29, 1.82) is 0 Å². The van der Waals surface area contributed by atoms with Crippen molar-refractivity contribution in [2.75, 3.05) is 27.4 Å². The number of rotatable bonds is 9. The molecule has 2 aliphatic rings. The third kappa shape index (κ3) is 4.24. The van der Waals surface area contributed by atoms with Crippen LogP contribution in [0.25, 0.3) is 0 Å². The smallest absolute Gasteiger partial charge is 0.377 e. The van der Waals surface area contributed by atoms with E-state index in [1.165, 1.54) is 12.8 Å². The van der Waals surface area contributed by atoms with Gasteiger partial charge in [0.2, 0.25) is 0 Å². The molecule has 1 heterocycles. The van der Waals surface area contributed by atoms with Gasteiger partial charge in [0, 0.05) is 26.9 Å². The van der Waals surface area contributed by atoms with Crippen LogP contribution < -0.4 is 5.73 Å². The lowest BCUT2D eigenvalue weighted by molar-refractivity contribution is 0.0753. The van der Waals surface area contributed by atoms with Crippen LogP contribution >= 0.6 is 0 Å². The highest BCUT2D eigenvalue weighted by molar-refractivity contribution is 6.60. The van der Waals surface area contributed by atoms with Gasteiger partial charge in [-0.2, -0.15) is 0 Å². The largest absolute Gasteiger partial charge is 0.500 e. The number of hydrogen-bond donors (Lipinski definition) is 1. The molecule has 112 valence electrons. The monoisotopic (exact) mass is 289 g/mol. The van der Waals surface area contributed by atoms with Crippen LogP contribution in [-0.4, -0.2) is 48.4 Å². The van der Waals surface area contributed by atoms with E-state index in [4.69, 9.17) is 23.7 Å². The Morgan fingerprint density at radius 2 is 1.95 bits per heavy atom. The van der Waals surface area contributed by atoms with Gasteiger partial charge in [0.25, 0.3) is 0 Å². The molecule has 3 atom stereocenters. The van der Waals surface area contributed by atoms with E-state index in [0.717, 1.165) is 31.9 Å². The summed E-state index contributed by atoms with van der Waals surface area (Å²) in [7, 11) is 0.918. The number of ether oxygens (including phenoxy) is 1. The summed E-state index contributed by atoms with van der Waals surface area (Å²) in [5.74, 6) is 0.593. The fourth-order valence-corrected chi connectivity index (χ4v) is 4.97. The quantitative estimate of drug-likeness (QED) is 0.396. The van der Waals surface area contributed by atoms with Gasteiger partial charge >= 0.3 is 8.80 Å². The first-order valence-electron chi connectivity index (χ1n) is 7.33. The summed E-state index contributed by atoms with van der Waals surface area (Å²) in [6.07, 6.45) is 6.55. The summed E-state index contributed by atoms with van der Waals surface area (Å²) in [6.45, 7) is 1.45. The second-order valence-corrected chi connectivity index (χ2v) is 8.51. The fourth-order valence-electron chi connectivity index (χ4n) is 2.85.